The normalized spacial score (nSPS) is 12.6. The van der Waals surface area contributed by atoms with Crippen LogP contribution in [0.3, 0.4) is 0 Å². The van der Waals surface area contributed by atoms with Crippen molar-refractivity contribution in [3.05, 3.63) is 52.8 Å². The second kappa shape index (κ2) is 8.24. The predicted molar refractivity (Wildman–Crippen MR) is 107 cm³/mol. The molecule has 27 heavy (non-hydrogen) atoms. The van der Waals surface area contributed by atoms with Crippen molar-refractivity contribution in [1.29, 1.82) is 0 Å². The van der Waals surface area contributed by atoms with E-state index in [1.165, 1.54) is 11.3 Å². The molecule has 3 aromatic rings. The number of hydrogen-bond acceptors (Lipinski definition) is 5. The molecule has 3 rings (SSSR count). The van der Waals surface area contributed by atoms with Gasteiger partial charge in [-0.15, -0.1) is 4.40 Å². The Labute approximate surface area is 162 Å². The van der Waals surface area contributed by atoms with Crippen molar-refractivity contribution >= 4 is 31.6 Å². The van der Waals surface area contributed by atoms with E-state index >= 15 is 0 Å². The molecule has 0 atom stereocenters. The van der Waals surface area contributed by atoms with Gasteiger partial charge >= 0.3 is 0 Å². The van der Waals surface area contributed by atoms with Gasteiger partial charge in [-0.25, -0.2) is 0 Å². The first-order valence-electron chi connectivity index (χ1n) is 8.57. The summed E-state index contributed by atoms with van der Waals surface area (Å²) in [5.41, 5.74) is 1.90. The fraction of sp³-hybridized carbons (Fsp3) is 0.316. The van der Waals surface area contributed by atoms with Crippen LogP contribution in [0.5, 0.6) is 5.75 Å². The highest BCUT2D eigenvalue weighted by atomic mass is 32.2. The number of fused-ring (bicyclic) bond motifs is 1. The maximum Gasteiger partial charge on any atom is 0.285 e. The highest BCUT2D eigenvalue weighted by molar-refractivity contribution is 7.90. The van der Waals surface area contributed by atoms with E-state index in [1.807, 2.05) is 36.6 Å². The third-order valence-electron chi connectivity index (χ3n) is 4.07. The number of ether oxygens (including phenoxy) is 2. The minimum Gasteiger partial charge on any atom is -0.497 e. The van der Waals surface area contributed by atoms with Gasteiger partial charge in [0.2, 0.25) is 4.80 Å². The van der Waals surface area contributed by atoms with Crippen LogP contribution in [0.4, 0.5) is 0 Å². The molecule has 0 N–H and O–H groups in total. The predicted octanol–water partition coefficient (Wildman–Crippen LogP) is 3.35. The van der Waals surface area contributed by atoms with Crippen LogP contribution in [0.15, 0.2) is 51.8 Å². The molecule has 6 nitrogen and oxygen atoms in total. The Morgan fingerprint density at radius 3 is 2.56 bits per heavy atom. The molecule has 0 saturated heterocycles. The summed E-state index contributed by atoms with van der Waals surface area (Å²) in [4.78, 5) is 0.595. The first-order chi connectivity index (χ1) is 12.9. The van der Waals surface area contributed by atoms with Gasteiger partial charge in [-0.2, -0.15) is 8.42 Å². The molecule has 0 unspecified atom stereocenters. The van der Waals surface area contributed by atoms with Crippen molar-refractivity contribution in [3.8, 4) is 5.75 Å². The Kier molecular flexibility index (Phi) is 5.98. The molecule has 0 aliphatic heterocycles. The van der Waals surface area contributed by atoms with Crippen LogP contribution < -0.4 is 9.54 Å². The number of methoxy groups -OCH3 is 1. The van der Waals surface area contributed by atoms with Crippen molar-refractivity contribution in [2.45, 2.75) is 25.3 Å². The third kappa shape index (κ3) is 4.40. The SMILES string of the molecule is CCOCCn1c(=NS(=O)(=O)c2ccc(C)cc2)sc2cc(OC)ccc21. The van der Waals surface area contributed by atoms with Crippen LogP contribution in [0, 0.1) is 6.92 Å². The maximum absolute atomic E-state index is 12.8. The summed E-state index contributed by atoms with van der Waals surface area (Å²) in [6, 6.07) is 12.3. The molecule has 2 aromatic carbocycles. The summed E-state index contributed by atoms with van der Waals surface area (Å²) in [5.74, 6) is 0.716. The van der Waals surface area contributed by atoms with Crippen LogP contribution >= 0.6 is 11.3 Å². The molecule has 0 aliphatic rings. The van der Waals surface area contributed by atoms with E-state index in [2.05, 4.69) is 4.40 Å². The van der Waals surface area contributed by atoms with E-state index in [0.29, 0.717) is 30.3 Å². The van der Waals surface area contributed by atoms with Gasteiger partial charge in [0, 0.05) is 13.2 Å². The van der Waals surface area contributed by atoms with Crippen LogP contribution in [-0.4, -0.2) is 33.3 Å². The van der Waals surface area contributed by atoms with Crippen LogP contribution in [-0.2, 0) is 21.3 Å². The molecule has 0 spiro atoms. The number of aromatic nitrogens is 1. The molecular weight excluding hydrogens is 384 g/mol. The number of nitrogens with zero attached hydrogens (tertiary/aromatic N) is 2. The van der Waals surface area contributed by atoms with E-state index in [9.17, 15) is 8.42 Å². The van der Waals surface area contributed by atoms with Gasteiger partial charge in [-0.3, -0.25) is 0 Å². The summed E-state index contributed by atoms with van der Waals surface area (Å²) in [7, 11) is -2.20. The Bertz CT molecular complexity index is 1100. The highest BCUT2D eigenvalue weighted by Gasteiger charge is 2.15. The molecule has 1 heterocycles. The minimum absolute atomic E-state index is 0.180. The molecule has 144 valence electrons. The Hall–Kier alpha value is -2.16. The largest absolute Gasteiger partial charge is 0.497 e. The first-order valence-corrected chi connectivity index (χ1v) is 10.8. The summed E-state index contributed by atoms with van der Waals surface area (Å²) in [6.07, 6.45) is 0. The molecule has 0 saturated carbocycles. The lowest BCUT2D eigenvalue weighted by atomic mass is 10.2. The average molecular weight is 407 g/mol. The Balaban J connectivity index is 2.14. The monoisotopic (exact) mass is 406 g/mol. The number of thiazole rings is 1. The lowest BCUT2D eigenvalue weighted by Crippen LogP contribution is -2.19. The molecule has 0 amide bonds. The second-order valence-electron chi connectivity index (χ2n) is 5.95. The van der Waals surface area contributed by atoms with Gasteiger partial charge in [0.15, 0.2) is 0 Å². The van der Waals surface area contributed by atoms with E-state index in [1.54, 1.807) is 31.4 Å². The number of hydrogen-bond donors (Lipinski definition) is 0. The summed E-state index contributed by atoms with van der Waals surface area (Å²) >= 11 is 1.32. The van der Waals surface area contributed by atoms with Crippen LogP contribution in [0.2, 0.25) is 0 Å². The van der Waals surface area contributed by atoms with Crippen LogP contribution in [0.1, 0.15) is 12.5 Å². The van der Waals surface area contributed by atoms with Gasteiger partial charge < -0.3 is 14.0 Å². The lowest BCUT2D eigenvalue weighted by molar-refractivity contribution is 0.139. The van der Waals surface area contributed by atoms with Gasteiger partial charge in [0.25, 0.3) is 10.0 Å². The number of sulfonamides is 1. The van der Waals surface area contributed by atoms with Crippen LogP contribution in [0.25, 0.3) is 10.2 Å². The van der Waals surface area contributed by atoms with E-state index in [-0.39, 0.29) is 4.90 Å². The second-order valence-corrected chi connectivity index (χ2v) is 8.56. The quantitative estimate of drug-likeness (QED) is 0.564. The molecule has 0 bridgehead atoms. The Morgan fingerprint density at radius 2 is 1.89 bits per heavy atom. The molecule has 0 radical (unpaired) electrons. The maximum atomic E-state index is 12.8. The Morgan fingerprint density at radius 1 is 1.15 bits per heavy atom. The number of rotatable bonds is 7. The fourth-order valence-corrected chi connectivity index (χ4v) is 4.92. The minimum atomic E-state index is -3.80. The van der Waals surface area contributed by atoms with Crippen molar-refractivity contribution in [3.63, 3.8) is 0 Å². The molecular formula is C19H22N2O4S2. The number of aryl methyl sites for hydroxylation is 1. The molecule has 8 heteroatoms. The molecule has 0 fully saturated rings. The zero-order valence-electron chi connectivity index (χ0n) is 15.5. The topological polar surface area (TPSA) is 69.9 Å². The zero-order valence-corrected chi connectivity index (χ0v) is 17.1. The van der Waals surface area contributed by atoms with E-state index < -0.39 is 10.0 Å². The number of benzene rings is 2. The smallest absolute Gasteiger partial charge is 0.285 e. The lowest BCUT2D eigenvalue weighted by Gasteiger charge is -2.06. The summed E-state index contributed by atoms with van der Waals surface area (Å²) in [5, 5.41) is 0. The third-order valence-corrected chi connectivity index (χ3v) is 6.51. The summed E-state index contributed by atoms with van der Waals surface area (Å²) in [6.45, 7) is 5.43. The van der Waals surface area contributed by atoms with E-state index in [0.717, 1.165) is 15.8 Å². The van der Waals surface area contributed by atoms with Crippen molar-refractivity contribution < 1.29 is 17.9 Å². The van der Waals surface area contributed by atoms with Gasteiger partial charge in [0.05, 0.1) is 28.8 Å². The zero-order chi connectivity index (χ0) is 19.4. The van der Waals surface area contributed by atoms with Gasteiger partial charge in [-0.05, 0) is 44.2 Å². The standard InChI is InChI=1S/C19H22N2O4S2/c1-4-25-12-11-21-17-10-7-15(24-3)13-18(17)26-19(21)20-27(22,23)16-8-5-14(2)6-9-16/h5-10,13H,4,11-12H2,1-3H3. The van der Waals surface area contributed by atoms with Crippen molar-refractivity contribution in [1.82, 2.24) is 4.57 Å². The first kappa shape index (κ1) is 19.6. The fourth-order valence-electron chi connectivity index (χ4n) is 2.63. The summed E-state index contributed by atoms with van der Waals surface area (Å²) < 4.78 is 43.2. The van der Waals surface area contributed by atoms with Crippen molar-refractivity contribution in [2.24, 2.45) is 4.40 Å². The van der Waals surface area contributed by atoms with E-state index in [4.69, 9.17) is 9.47 Å². The van der Waals surface area contributed by atoms with Gasteiger partial charge in [-0.1, -0.05) is 29.0 Å². The molecule has 1 aromatic heterocycles. The average Bonchev–Trinajstić information content (AvgIpc) is 2.98. The highest BCUT2D eigenvalue weighted by Crippen LogP contribution is 2.23. The molecule has 0 aliphatic carbocycles. The van der Waals surface area contributed by atoms with Crippen molar-refractivity contribution in [2.75, 3.05) is 20.3 Å². The van der Waals surface area contributed by atoms with Gasteiger partial charge in [0.1, 0.15) is 5.75 Å².